The maximum Gasteiger partial charge on any atom is 0.269 e. The van der Waals surface area contributed by atoms with Gasteiger partial charge >= 0.3 is 0 Å². The number of hydrogen-bond acceptors (Lipinski definition) is 8. The maximum absolute atomic E-state index is 12.8. The molecule has 3 rings (SSSR count). The Bertz CT molecular complexity index is 919. The first kappa shape index (κ1) is 19.0. The van der Waals surface area contributed by atoms with Gasteiger partial charge in [-0.25, -0.2) is 8.42 Å². The molecule has 0 spiro atoms. The average Bonchev–Trinajstić information content (AvgIpc) is 2.68. The third-order valence-corrected chi connectivity index (χ3v) is 5.99. The summed E-state index contributed by atoms with van der Waals surface area (Å²) in [5, 5.41) is 10.7. The number of nitrogens with zero attached hydrogens (tertiary/aromatic N) is 4. The van der Waals surface area contributed by atoms with Gasteiger partial charge in [-0.15, -0.1) is 0 Å². The molecule has 1 unspecified atom stereocenters. The molecule has 1 atom stereocenters. The molecule has 1 aliphatic heterocycles. The highest BCUT2D eigenvalue weighted by Crippen LogP contribution is 2.24. The number of hydrogen-bond donors (Lipinski definition) is 0. The quantitative estimate of drug-likeness (QED) is 0.535. The Balaban J connectivity index is 1.73. The van der Waals surface area contributed by atoms with Crippen molar-refractivity contribution < 1.29 is 22.8 Å². The van der Waals surface area contributed by atoms with E-state index in [1.807, 2.05) is 0 Å². The van der Waals surface area contributed by atoms with E-state index in [1.165, 1.54) is 48.1 Å². The second-order valence-electron chi connectivity index (χ2n) is 5.90. The minimum Gasteiger partial charge on any atom is -0.480 e. The number of sulfonamides is 1. The van der Waals surface area contributed by atoms with E-state index in [0.29, 0.717) is 25.3 Å². The zero-order valence-electron chi connectivity index (χ0n) is 14.5. The molecule has 10 nitrogen and oxygen atoms in total. The van der Waals surface area contributed by atoms with Gasteiger partial charge in [0.15, 0.2) is 0 Å². The summed E-state index contributed by atoms with van der Waals surface area (Å²) in [7, 11) is -2.31. The standard InChI is InChI=1S/C16H18N4O6S/c1-25-15-9-17-10-16(18-15)26-13-3-2-8-19(11-13)27(23,24)14-6-4-12(5-7-14)20(21)22/h4-7,9-10,13H,2-3,8,11H2,1H3. The minimum atomic E-state index is -3.77. The number of methoxy groups -OCH3 is 1. The highest BCUT2D eigenvalue weighted by atomic mass is 32.2. The van der Waals surface area contributed by atoms with Gasteiger partial charge in [0.2, 0.25) is 21.8 Å². The molecule has 1 fully saturated rings. The van der Waals surface area contributed by atoms with Crippen LogP contribution >= 0.6 is 0 Å². The molecule has 0 aliphatic carbocycles. The Morgan fingerprint density at radius 2 is 1.93 bits per heavy atom. The smallest absolute Gasteiger partial charge is 0.269 e. The summed E-state index contributed by atoms with van der Waals surface area (Å²) < 4.78 is 37.7. The van der Waals surface area contributed by atoms with Gasteiger partial charge in [0.05, 0.1) is 35.9 Å². The molecule has 0 bridgehead atoms. The van der Waals surface area contributed by atoms with Crippen LogP contribution in [0.1, 0.15) is 12.8 Å². The Morgan fingerprint density at radius 1 is 1.22 bits per heavy atom. The Hall–Kier alpha value is -2.79. The number of nitro benzene ring substituents is 1. The molecule has 27 heavy (non-hydrogen) atoms. The summed E-state index contributed by atoms with van der Waals surface area (Å²) in [5.41, 5.74) is -0.162. The zero-order chi connectivity index (χ0) is 19.4. The predicted octanol–water partition coefficient (Wildman–Crippen LogP) is 1.63. The molecule has 1 aliphatic rings. The van der Waals surface area contributed by atoms with Gasteiger partial charge in [0.25, 0.3) is 5.69 Å². The Labute approximate surface area is 156 Å². The van der Waals surface area contributed by atoms with E-state index in [4.69, 9.17) is 9.47 Å². The summed E-state index contributed by atoms with van der Waals surface area (Å²) in [6.07, 6.45) is 3.79. The van der Waals surface area contributed by atoms with Crippen LogP contribution in [0, 0.1) is 10.1 Å². The highest BCUT2D eigenvalue weighted by Gasteiger charge is 2.31. The lowest BCUT2D eigenvalue weighted by Crippen LogP contribution is -2.44. The van der Waals surface area contributed by atoms with E-state index in [0.717, 1.165) is 0 Å². The first-order valence-electron chi connectivity index (χ1n) is 8.17. The van der Waals surface area contributed by atoms with Gasteiger partial charge in [0.1, 0.15) is 6.10 Å². The van der Waals surface area contributed by atoms with E-state index in [1.54, 1.807) is 0 Å². The summed E-state index contributed by atoms with van der Waals surface area (Å²) in [6, 6.07) is 4.84. The van der Waals surface area contributed by atoms with Crippen LogP contribution in [0.2, 0.25) is 0 Å². The molecule has 0 radical (unpaired) electrons. The van der Waals surface area contributed by atoms with Gasteiger partial charge in [-0.3, -0.25) is 15.1 Å². The van der Waals surface area contributed by atoms with Crippen LogP contribution in [0.3, 0.4) is 0 Å². The van der Waals surface area contributed by atoms with Crippen molar-refractivity contribution in [3.05, 3.63) is 46.8 Å². The van der Waals surface area contributed by atoms with E-state index >= 15 is 0 Å². The van der Waals surface area contributed by atoms with Crippen LogP contribution in [0.15, 0.2) is 41.6 Å². The predicted molar refractivity (Wildman–Crippen MR) is 94.1 cm³/mol. The van der Waals surface area contributed by atoms with Crippen LogP contribution in [0.4, 0.5) is 5.69 Å². The van der Waals surface area contributed by atoms with Crippen molar-refractivity contribution in [3.63, 3.8) is 0 Å². The number of piperidine rings is 1. The molecule has 0 amide bonds. The third kappa shape index (κ3) is 4.31. The lowest BCUT2D eigenvalue weighted by molar-refractivity contribution is -0.384. The van der Waals surface area contributed by atoms with E-state index in [9.17, 15) is 18.5 Å². The second kappa shape index (κ2) is 7.84. The molecule has 1 aromatic heterocycles. The van der Waals surface area contributed by atoms with Gasteiger partial charge in [-0.1, -0.05) is 0 Å². The summed E-state index contributed by atoms with van der Waals surface area (Å²) >= 11 is 0. The number of rotatable bonds is 6. The van der Waals surface area contributed by atoms with Crippen LogP contribution in [-0.2, 0) is 10.0 Å². The fourth-order valence-electron chi connectivity index (χ4n) is 2.77. The average molecular weight is 394 g/mol. The summed E-state index contributed by atoms with van der Waals surface area (Å²) in [6.45, 7) is 0.501. The molecule has 2 heterocycles. The number of nitro groups is 1. The first-order valence-corrected chi connectivity index (χ1v) is 9.61. The van der Waals surface area contributed by atoms with E-state index in [2.05, 4.69) is 9.97 Å². The van der Waals surface area contributed by atoms with Crippen LogP contribution in [0.25, 0.3) is 0 Å². The summed E-state index contributed by atoms with van der Waals surface area (Å²) in [4.78, 5) is 18.2. The number of aromatic nitrogens is 2. The van der Waals surface area contributed by atoms with Gasteiger partial charge < -0.3 is 9.47 Å². The summed E-state index contributed by atoms with van der Waals surface area (Å²) in [5.74, 6) is 0.563. The SMILES string of the molecule is COc1cncc(OC2CCCN(S(=O)(=O)c3ccc([N+](=O)[O-])cc3)C2)n1. The number of non-ortho nitro benzene ring substituents is 1. The van der Waals surface area contributed by atoms with Gasteiger partial charge in [0, 0.05) is 18.7 Å². The zero-order valence-corrected chi connectivity index (χ0v) is 15.3. The molecule has 0 N–H and O–H groups in total. The fraction of sp³-hybridized carbons (Fsp3) is 0.375. The van der Waals surface area contributed by atoms with Crippen molar-refractivity contribution in [1.29, 1.82) is 0 Å². The molecule has 2 aromatic rings. The molecular weight excluding hydrogens is 376 g/mol. The van der Waals surface area contributed by atoms with E-state index < -0.39 is 14.9 Å². The van der Waals surface area contributed by atoms with Crippen LogP contribution in [0.5, 0.6) is 11.8 Å². The van der Waals surface area contributed by atoms with Crippen molar-refractivity contribution >= 4 is 15.7 Å². The van der Waals surface area contributed by atoms with Crippen LogP contribution < -0.4 is 9.47 Å². The molecular formula is C16H18N4O6S. The van der Waals surface area contributed by atoms with Crippen LogP contribution in [-0.4, -0.2) is 53.9 Å². The van der Waals surface area contributed by atoms with E-state index in [-0.39, 0.29) is 29.1 Å². The monoisotopic (exact) mass is 394 g/mol. The molecule has 144 valence electrons. The minimum absolute atomic E-state index is 0.00919. The molecule has 0 saturated carbocycles. The second-order valence-corrected chi connectivity index (χ2v) is 7.83. The fourth-order valence-corrected chi connectivity index (χ4v) is 4.28. The van der Waals surface area contributed by atoms with Crippen molar-refractivity contribution in [2.45, 2.75) is 23.8 Å². The van der Waals surface area contributed by atoms with Crippen molar-refractivity contribution in [2.75, 3.05) is 20.2 Å². The third-order valence-electron chi connectivity index (χ3n) is 4.11. The molecule has 1 aromatic carbocycles. The first-order chi connectivity index (χ1) is 12.9. The lowest BCUT2D eigenvalue weighted by atomic mass is 10.1. The van der Waals surface area contributed by atoms with Crippen molar-refractivity contribution in [2.24, 2.45) is 0 Å². The normalized spacial score (nSPS) is 18.0. The number of benzene rings is 1. The van der Waals surface area contributed by atoms with Gasteiger partial charge in [-0.05, 0) is 25.0 Å². The maximum atomic E-state index is 12.8. The lowest BCUT2D eigenvalue weighted by Gasteiger charge is -2.31. The Kier molecular flexibility index (Phi) is 5.51. The molecule has 11 heteroatoms. The highest BCUT2D eigenvalue weighted by molar-refractivity contribution is 7.89. The Morgan fingerprint density at radius 3 is 2.59 bits per heavy atom. The largest absolute Gasteiger partial charge is 0.480 e. The van der Waals surface area contributed by atoms with Crippen molar-refractivity contribution in [3.8, 4) is 11.8 Å². The topological polar surface area (TPSA) is 125 Å². The van der Waals surface area contributed by atoms with Gasteiger partial charge in [-0.2, -0.15) is 9.29 Å². The van der Waals surface area contributed by atoms with Crippen molar-refractivity contribution in [1.82, 2.24) is 14.3 Å². The molecule has 1 saturated heterocycles. The number of ether oxygens (including phenoxy) is 2.